The molecule has 0 atom stereocenters. The van der Waals surface area contributed by atoms with Crippen molar-refractivity contribution >= 4 is 6.34 Å². The van der Waals surface area contributed by atoms with Gasteiger partial charge in [0.2, 0.25) is 0 Å². The molecule has 1 aliphatic rings. The van der Waals surface area contributed by atoms with Crippen LogP contribution in [0, 0.1) is 0 Å². The summed E-state index contributed by atoms with van der Waals surface area (Å²) in [5, 5.41) is 0. The first-order chi connectivity index (χ1) is 10.3. The fourth-order valence-electron chi connectivity index (χ4n) is 3.13. The smallest absolute Gasteiger partial charge is 0.194 e. The van der Waals surface area contributed by atoms with Gasteiger partial charge >= 0.3 is 0 Å². The van der Waals surface area contributed by atoms with Gasteiger partial charge in [-0.15, -0.1) is 0 Å². The van der Waals surface area contributed by atoms with Crippen molar-refractivity contribution in [3.63, 3.8) is 0 Å². The van der Waals surface area contributed by atoms with E-state index < -0.39 is 0 Å². The monoisotopic (exact) mass is 293 g/mol. The van der Waals surface area contributed by atoms with Crippen LogP contribution in [0.25, 0.3) is 0 Å². The minimum absolute atomic E-state index is 1.02. The number of rotatable bonds is 14. The van der Waals surface area contributed by atoms with Gasteiger partial charge in [-0.25, -0.2) is 4.99 Å². The lowest BCUT2D eigenvalue weighted by molar-refractivity contribution is -0.780. The zero-order valence-corrected chi connectivity index (χ0v) is 14.5. The van der Waals surface area contributed by atoms with E-state index in [1.165, 1.54) is 90.1 Å². The number of aliphatic imine (C=N–C) groups is 1. The average molecular weight is 294 g/mol. The lowest BCUT2D eigenvalue weighted by Gasteiger charge is -2.27. The fraction of sp³-hybridized carbons (Fsp3) is 0.842. The molecule has 0 aromatic carbocycles. The van der Waals surface area contributed by atoms with E-state index in [4.69, 9.17) is 0 Å². The normalized spacial score (nSPS) is 15.9. The summed E-state index contributed by atoms with van der Waals surface area (Å²) in [6.45, 7) is 7.07. The highest BCUT2D eigenvalue weighted by Crippen LogP contribution is 2.17. The Morgan fingerprint density at radius 3 is 1.57 bits per heavy atom. The molecule has 2 nitrogen and oxygen atoms in total. The van der Waals surface area contributed by atoms with Gasteiger partial charge in [0, 0.05) is 0 Å². The van der Waals surface area contributed by atoms with Crippen LogP contribution >= 0.6 is 0 Å². The highest BCUT2D eigenvalue weighted by molar-refractivity contribution is 5.50. The third-order valence-electron chi connectivity index (χ3n) is 4.60. The number of unbranched alkanes of at least 4 members (excludes halogenated alkanes) is 10. The van der Waals surface area contributed by atoms with Crippen LogP contribution in [0.15, 0.2) is 17.4 Å². The molecule has 0 aliphatic carbocycles. The summed E-state index contributed by atoms with van der Waals surface area (Å²) in [4.78, 5) is 4.36. The van der Waals surface area contributed by atoms with Gasteiger partial charge in [-0.3, -0.25) is 4.48 Å². The van der Waals surface area contributed by atoms with E-state index in [0.29, 0.717) is 0 Å². The molecule has 0 bridgehead atoms. The molecule has 0 fully saturated rings. The zero-order valence-electron chi connectivity index (χ0n) is 14.5. The molecule has 0 amide bonds. The van der Waals surface area contributed by atoms with Gasteiger partial charge in [0.15, 0.2) is 6.34 Å². The quantitative estimate of drug-likeness (QED) is 0.273. The maximum atomic E-state index is 4.36. The average Bonchev–Trinajstić information content (AvgIpc) is 2.96. The summed E-state index contributed by atoms with van der Waals surface area (Å²) >= 11 is 0. The molecule has 1 aliphatic heterocycles. The highest BCUT2D eigenvalue weighted by Gasteiger charge is 2.24. The second-order valence-electron chi connectivity index (χ2n) is 6.65. The van der Waals surface area contributed by atoms with Crippen LogP contribution < -0.4 is 0 Å². The van der Waals surface area contributed by atoms with Gasteiger partial charge in [-0.2, -0.15) is 0 Å². The van der Waals surface area contributed by atoms with Gasteiger partial charge in [0.05, 0.1) is 19.3 Å². The van der Waals surface area contributed by atoms with Gasteiger partial charge in [-0.05, 0) is 25.7 Å². The van der Waals surface area contributed by atoms with Crippen LogP contribution in [-0.4, -0.2) is 23.9 Å². The summed E-state index contributed by atoms with van der Waals surface area (Å²) in [7, 11) is 0. The van der Waals surface area contributed by atoms with E-state index >= 15 is 0 Å². The molecule has 0 unspecified atom stereocenters. The predicted molar refractivity (Wildman–Crippen MR) is 94.4 cm³/mol. The first-order valence-corrected chi connectivity index (χ1v) is 9.41. The van der Waals surface area contributed by atoms with E-state index in [0.717, 1.165) is 4.48 Å². The van der Waals surface area contributed by atoms with Crippen molar-refractivity contribution in [2.45, 2.75) is 90.9 Å². The van der Waals surface area contributed by atoms with E-state index in [9.17, 15) is 0 Å². The number of nitrogens with zero attached hydrogens (tertiary/aromatic N) is 2. The molecular weight excluding hydrogens is 256 g/mol. The van der Waals surface area contributed by atoms with Crippen LogP contribution in [0.2, 0.25) is 0 Å². The summed E-state index contributed by atoms with van der Waals surface area (Å²) in [6, 6.07) is 0. The molecular formula is C19H37N2+. The van der Waals surface area contributed by atoms with E-state index in [-0.39, 0.29) is 0 Å². The maximum absolute atomic E-state index is 4.36. The number of hydrogen-bond acceptors (Lipinski definition) is 1. The van der Waals surface area contributed by atoms with Gasteiger partial charge < -0.3 is 0 Å². The Morgan fingerprint density at radius 1 is 0.667 bits per heavy atom. The van der Waals surface area contributed by atoms with Crippen LogP contribution in [0.3, 0.4) is 0 Å². The molecule has 1 heterocycles. The molecule has 2 heteroatoms. The molecule has 1 rings (SSSR count). The van der Waals surface area contributed by atoms with E-state index in [1.807, 2.05) is 6.20 Å². The summed E-state index contributed by atoms with van der Waals surface area (Å²) in [5.41, 5.74) is 0. The Labute approximate surface area is 132 Å². The Bertz CT molecular complexity index is 264. The second-order valence-corrected chi connectivity index (χ2v) is 6.65. The SMILES string of the molecule is CCCCCCCC[N+]1(CCCCCCCC)C=CN=C1. The van der Waals surface area contributed by atoms with Crippen molar-refractivity contribution in [2.75, 3.05) is 13.1 Å². The molecule has 0 saturated carbocycles. The Kier molecular flexibility index (Phi) is 10.5. The number of hydrogen-bond donors (Lipinski definition) is 0. The largest absolute Gasteiger partial charge is 0.254 e. The Morgan fingerprint density at radius 2 is 1.14 bits per heavy atom. The summed E-state index contributed by atoms with van der Waals surface area (Å²) < 4.78 is 1.02. The fourth-order valence-corrected chi connectivity index (χ4v) is 3.13. The first-order valence-electron chi connectivity index (χ1n) is 9.41. The highest BCUT2D eigenvalue weighted by atomic mass is 15.4. The minimum atomic E-state index is 1.02. The van der Waals surface area contributed by atoms with Crippen molar-refractivity contribution in [3.8, 4) is 0 Å². The number of quaternary nitrogens is 1. The Hall–Kier alpha value is -0.630. The molecule has 122 valence electrons. The zero-order chi connectivity index (χ0) is 15.2. The third kappa shape index (κ3) is 8.40. The van der Waals surface area contributed by atoms with Crippen LogP contribution in [-0.2, 0) is 0 Å². The lowest BCUT2D eigenvalue weighted by atomic mass is 10.1. The predicted octanol–water partition coefficient (Wildman–Crippen LogP) is 6.04. The van der Waals surface area contributed by atoms with E-state index in [1.54, 1.807) is 0 Å². The molecule has 21 heavy (non-hydrogen) atoms. The summed E-state index contributed by atoms with van der Waals surface area (Å²) in [5.74, 6) is 0. The molecule has 0 spiro atoms. The molecule has 0 aromatic heterocycles. The van der Waals surface area contributed by atoms with Gasteiger partial charge in [0.25, 0.3) is 0 Å². The summed E-state index contributed by atoms with van der Waals surface area (Å²) in [6.07, 6.45) is 23.1. The topological polar surface area (TPSA) is 12.4 Å². The Balaban J connectivity index is 2.13. The van der Waals surface area contributed by atoms with Gasteiger partial charge in [0.1, 0.15) is 6.20 Å². The van der Waals surface area contributed by atoms with Crippen LogP contribution in [0.5, 0.6) is 0 Å². The van der Waals surface area contributed by atoms with Crippen molar-refractivity contribution < 1.29 is 4.48 Å². The van der Waals surface area contributed by atoms with Crippen molar-refractivity contribution in [2.24, 2.45) is 4.99 Å². The van der Waals surface area contributed by atoms with Crippen molar-refractivity contribution in [1.29, 1.82) is 0 Å². The van der Waals surface area contributed by atoms with Gasteiger partial charge in [-0.1, -0.05) is 65.2 Å². The van der Waals surface area contributed by atoms with Crippen molar-refractivity contribution in [1.82, 2.24) is 0 Å². The maximum Gasteiger partial charge on any atom is 0.194 e. The molecule has 0 radical (unpaired) electrons. The van der Waals surface area contributed by atoms with Crippen LogP contribution in [0.1, 0.15) is 90.9 Å². The van der Waals surface area contributed by atoms with Crippen LogP contribution in [0.4, 0.5) is 0 Å². The van der Waals surface area contributed by atoms with Crippen molar-refractivity contribution in [3.05, 3.63) is 12.4 Å². The molecule has 0 saturated heterocycles. The molecule has 0 aromatic rings. The minimum Gasteiger partial charge on any atom is -0.254 e. The first kappa shape index (κ1) is 18.4. The second kappa shape index (κ2) is 12.0. The third-order valence-corrected chi connectivity index (χ3v) is 4.60. The molecule has 0 N–H and O–H groups in total. The lowest BCUT2D eigenvalue weighted by Crippen LogP contribution is -2.41. The standard InChI is InChI=1S/C19H37N2/c1-3-5-7-9-11-13-16-21(18-15-20-19-21)17-14-12-10-8-6-4-2/h15,18-19H,3-14,16-17H2,1-2H3/q+1. The van der Waals surface area contributed by atoms with E-state index in [2.05, 4.69) is 31.4 Å².